The first kappa shape index (κ1) is 23.3. The molecular weight excluding hydrogens is 451 g/mol. The Kier molecular flexibility index (Phi) is 8.13. The third kappa shape index (κ3) is 6.22. The van der Waals surface area contributed by atoms with Gasteiger partial charge in [0.25, 0.3) is 5.88 Å². The van der Waals surface area contributed by atoms with Crippen molar-refractivity contribution in [1.29, 1.82) is 0 Å². The van der Waals surface area contributed by atoms with Crippen LogP contribution in [-0.2, 0) is 12.6 Å². The van der Waals surface area contributed by atoms with Crippen molar-refractivity contribution in [2.75, 3.05) is 12.8 Å². The molecule has 0 aliphatic heterocycles. The highest BCUT2D eigenvalue weighted by molar-refractivity contribution is 9.10. The summed E-state index contributed by atoms with van der Waals surface area (Å²) in [5.41, 5.74) is 6.29. The van der Waals surface area contributed by atoms with Crippen LogP contribution in [0.2, 0.25) is 0 Å². The second-order valence-corrected chi connectivity index (χ2v) is 7.42. The summed E-state index contributed by atoms with van der Waals surface area (Å²) >= 11 is 3.37. The summed E-state index contributed by atoms with van der Waals surface area (Å²) in [5.74, 6) is 0.525. The van der Waals surface area contributed by atoms with E-state index in [1.165, 1.54) is 13.2 Å². The van der Waals surface area contributed by atoms with Crippen LogP contribution in [0, 0.1) is 0 Å². The van der Waals surface area contributed by atoms with Gasteiger partial charge in [0.15, 0.2) is 5.82 Å². The average molecular weight is 476 g/mol. The second kappa shape index (κ2) is 10.1. The summed E-state index contributed by atoms with van der Waals surface area (Å²) in [6, 6.07) is 3.35. The van der Waals surface area contributed by atoms with Gasteiger partial charge < -0.3 is 15.2 Å². The van der Waals surface area contributed by atoms with Crippen LogP contribution in [0.1, 0.15) is 56.4 Å². The van der Waals surface area contributed by atoms with E-state index in [2.05, 4.69) is 39.7 Å². The molecule has 0 fully saturated rings. The molecule has 2 N–H and O–H groups in total. The van der Waals surface area contributed by atoms with Crippen molar-refractivity contribution < 1.29 is 22.6 Å². The summed E-state index contributed by atoms with van der Waals surface area (Å²) in [5, 5.41) is 0. The van der Waals surface area contributed by atoms with Gasteiger partial charge in [0.2, 0.25) is 0 Å². The number of nitrogen functional groups attached to an aromatic ring is 1. The molecule has 1 aromatic heterocycles. The van der Waals surface area contributed by atoms with Crippen molar-refractivity contribution in [3.8, 4) is 11.6 Å². The standard InChI is InChI=1S/C20H25BrF3N3O2/c1-4-6-14(7-5-2)29-19-18(25)26-15(17(21)27-19)10-12-8-9-13(20(22,23)24)11-16(12)28-3/h8-9,11,14H,4-7,10H2,1-3H3,(H2,25,26). The SMILES string of the molecule is CCCC(CCC)Oc1nc(Br)c(Cc2ccc(C(F)(F)F)cc2OC)nc1N. The maximum atomic E-state index is 12.9. The zero-order valence-electron chi connectivity index (χ0n) is 16.6. The fourth-order valence-corrected chi connectivity index (χ4v) is 3.35. The number of anilines is 1. The molecule has 0 amide bonds. The van der Waals surface area contributed by atoms with Crippen molar-refractivity contribution in [3.63, 3.8) is 0 Å². The van der Waals surface area contributed by atoms with Gasteiger partial charge in [-0.3, -0.25) is 0 Å². The first-order valence-electron chi connectivity index (χ1n) is 9.42. The molecule has 160 valence electrons. The van der Waals surface area contributed by atoms with Crippen molar-refractivity contribution in [2.45, 2.75) is 58.2 Å². The Morgan fingerprint density at radius 3 is 2.34 bits per heavy atom. The number of halogens is 4. The Hall–Kier alpha value is -2.03. The topological polar surface area (TPSA) is 70.3 Å². The van der Waals surface area contributed by atoms with Crippen LogP contribution >= 0.6 is 15.9 Å². The van der Waals surface area contributed by atoms with Gasteiger partial charge in [0.1, 0.15) is 16.5 Å². The molecule has 0 saturated heterocycles. The number of nitrogens with two attached hydrogens (primary N) is 1. The van der Waals surface area contributed by atoms with Crippen molar-refractivity contribution in [1.82, 2.24) is 9.97 Å². The minimum atomic E-state index is -4.44. The third-order valence-corrected chi connectivity index (χ3v) is 5.02. The zero-order valence-corrected chi connectivity index (χ0v) is 18.2. The molecular formula is C20H25BrF3N3O2. The molecule has 9 heteroatoms. The summed E-state index contributed by atoms with van der Waals surface area (Å²) in [4.78, 5) is 8.73. The third-order valence-electron chi connectivity index (χ3n) is 4.38. The summed E-state index contributed by atoms with van der Waals surface area (Å²) in [6.45, 7) is 4.16. The van der Waals surface area contributed by atoms with Crippen LogP contribution in [0.15, 0.2) is 22.8 Å². The van der Waals surface area contributed by atoms with Crippen LogP contribution in [0.25, 0.3) is 0 Å². The predicted molar refractivity (Wildman–Crippen MR) is 109 cm³/mol. The van der Waals surface area contributed by atoms with E-state index in [0.717, 1.165) is 37.8 Å². The van der Waals surface area contributed by atoms with Gasteiger partial charge in [-0.25, -0.2) is 9.97 Å². The number of nitrogens with zero attached hydrogens (tertiary/aromatic N) is 2. The Balaban J connectivity index is 2.27. The highest BCUT2D eigenvalue weighted by Crippen LogP contribution is 2.34. The Morgan fingerprint density at radius 2 is 1.79 bits per heavy atom. The minimum absolute atomic E-state index is 0.00866. The van der Waals surface area contributed by atoms with Gasteiger partial charge >= 0.3 is 6.18 Å². The molecule has 2 aromatic rings. The van der Waals surface area contributed by atoms with Gasteiger partial charge in [0, 0.05) is 12.0 Å². The van der Waals surface area contributed by atoms with Gasteiger partial charge in [0.05, 0.1) is 18.4 Å². The molecule has 29 heavy (non-hydrogen) atoms. The molecule has 0 atom stereocenters. The van der Waals surface area contributed by atoms with Crippen LogP contribution in [0.5, 0.6) is 11.6 Å². The van der Waals surface area contributed by atoms with E-state index >= 15 is 0 Å². The maximum Gasteiger partial charge on any atom is 0.416 e. The van der Waals surface area contributed by atoms with Gasteiger partial charge in [-0.15, -0.1) is 0 Å². The van der Waals surface area contributed by atoms with E-state index in [4.69, 9.17) is 15.2 Å². The largest absolute Gasteiger partial charge is 0.496 e. The lowest BCUT2D eigenvalue weighted by atomic mass is 10.1. The molecule has 0 saturated carbocycles. The monoisotopic (exact) mass is 475 g/mol. The number of alkyl halides is 3. The van der Waals surface area contributed by atoms with E-state index in [-0.39, 0.29) is 30.0 Å². The van der Waals surface area contributed by atoms with E-state index in [1.807, 2.05) is 0 Å². The lowest BCUT2D eigenvalue weighted by Gasteiger charge is -2.19. The van der Waals surface area contributed by atoms with Crippen LogP contribution in [-0.4, -0.2) is 23.2 Å². The van der Waals surface area contributed by atoms with E-state index < -0.39 is 11.7 Å². The van der Waals surface area contributed by atoms with Crippen LogP contribution in [0.4, 0.5) is 19.0 Å². The molecule has 0 bridgehead atoms. The lowest BCUT2D eigenvalue weighted by molar-refractivity contribution is -0.137. The fourth-order valence-electron chi connectivity index (χ4n) is 2.96. The minimum Gasteiger partial charge on any atom is -0.496 e. The predicted octanol–water partition coefficient (Wildman–Crippen LogP) is 5.79. The first-order chi connectivity index (χ1) is 13.7. The van der Waals surface area contributed by atoms with Gasteiger partial charge in [-0.2, -0.15) is 13.2 Å². The first-order valence-corrected chi connectivity index (χ1v) is 10.2. The van der Waals surface area contributed by atoms with Crippen molar-refractivity contribution in [3.05, 3.63) is 39.6 Å². The van der Waals surface area contributed by atoms with Crippen molar-refractivity contribution in [2.24, 2.45) is 0 Å². The smallest absolute Gasteiger partial charge is 0.416 e. The second-order valence-electron chi connectivity index (χ2n) is 6.67. The molecule has 5 nitrogen and oxygen atoms in total. The van der Waals surface area contributed by atoms with E-state index in [0.29, 0.717) is 15.9 Å². The summed E-state index contributed by atoms with van der Waals surface area (Å²) < 4.78 is 50.3. The molecule has 2 rings (SSSR count). The lowest BCUT2D eigenvalue weighted by Crippen LogP contribution is -2.18. The van der Waals surface area contributed by atoms with E-state index in [1.54, 1.807) is 0 Å². The Labute approximate surface area is 177 Å². The van der Waals surface area contributed by atoms with Crippen molar-refractivity contribution >= 4 is 21.7 Å². The highest BCUT2D eigenvalue weighted by atomic mass is 79.9. The number of rotatable bonds is 9. The molecule has 0 unspecified atom stereocenters. The van der Waals surface area contributed by atoms with Gasteiger partial charge in [-0.05, 0) is 40.9 Å². The number of aromatic nitrogens is 2. The maximum absolute atomic E-state index is 12.9. The number of benzene rings is 1. The fraction of sp³-hybridized carbons (Fsp3) is 0.500. The number of ether oxygens (including phenoxy) is 2. The molecule has 0 aliphatic rings. The Morgan fingerprint density at radius 1 is 1.14 bits per heavy atom. The van der Waals surface area contributed by atoms with Gasteiger partial charge in [-0.1, -0.05) is 32.8 Å². The number of methoxy groups -OCH3 is 1. The Bertz CT molecular complexity index is 825. The molecule has 0 spiro atoms. The summed E-state index contributed by atoms with van der Waals surface area (Å²) in [7, 11) is 1.33. The molecule has 0 aliphatic carbocycles. The summed E-state index contributed by atoms with van der Waals surface area (Å²) in [6.07, 6.45) is -0.505. The van der Waals surface area contributed by atoms with Crippen LogP contribution < -0.4 is 15.2 Å². The normalized spacial score (nSPS) is 11.7. The number of hydrogen-bond donors (Lipinski definition) is 1. The number of hydrogen-bond acceptors (Lipinski definition) is 5. The highest BCUT2D eigenvalue weighted by Gasteiger charge is 2.31. The zero-order chi connectivity index (χ0) is 21.6. The van der Waals surface area contributed by atoms with Crippen LogP contribution in [0.3, 0.4) is 0 Å². The quantitative estimate of drug-likeness (QED) is 0.497. The van der Waals surface area contributed by atoms with E-state index in [9.17, 15) is 13.2 Å². The molecule has 1 heterocycles. The molecule has 1 aromatic carbocycles. The average Bonchev–Trinajstić information content (AvgIpc) is 2.65. The molecule has 0 radical (unpaired) electrons.